The lowest BCUT2D eigenvalue weighted by atomic mass is 10.1. The van der Waals surface area contributed by atoms with Crippen molar-refractivity contribution in [3.05, 3.63) is 35.6 Å². The second-order valence-corrected chi connectivity index (χ2v) is 4.89. The number of ether oxygens (including phenoxy) is 1. The Morgan fingerprint density at radius 2 is 2.10 bits per heavy atom. The van der Waals surface area contributed by atoms with Crippen molar-refractivity contribution in [1.29, 1.82) is 0 Å². The summed E-state index contributed by atoms with van der Waals surface area (Å²) in [5.74, 6) is -0.896. The molecule has 1 aromatic rings. The Morgan fingerprint density at radius 3 is 2.76 bits per heavy atom. The summed E-state index contributed by atoms with van der Waals surface area (Å²) in [6.45, 7) is 3.44. The molecule has 0 saturated carbocycles. The number of rotatable bonds is 4. The van der Waals surface area contributed by atoms with Gasteiger partial charge in [0, 0.05) is 18.7 Å². The van der Waals surface area contributed by atoms with Gasteiger partial charge in [0.25, 0.3) is 5.91 Å². The van der Waals surface area contributed by atoms with Gasteiger partial charge in [-0.3, -0.25) is 9.59 Å². The molecule has 2 rings (SSSR count). The van der Waals surface area contributed by atoms with Crippen LogP contribution < -0.4 is 5.32 Å². The number of nitrogens with one attached hydrogen (secondary N) is 1. The topological polar surface area (TPSA) is 58.6 Å². The average molecular weight is 294 g/mol. The van der Waals surface area contributed by atoms with Crippen LogP contribution in [0.5, 0.6) is 0 Å². The van der Waals surface area contributed by atoms with E-state index in [1.165, 1.54) is 29.2 Å². The number of amides is 2. The molecule has 1 aromatic carbocycles. The van der Waals surface area contributed by atoms with Gasteiger partial charge in [-0.05, 0) is 30.7 Å². The molecule has 0 bridgehead atoms. The maximum absolute atomic E-state index is 12.9. The number of halogens is 1. The molecular formula is C15H19FN2O3. The first-order valence-electron chi connectivity index (χ1n) is 7.05. The van der Waals surface area contributed by atoms with Gasteiger partial charge in [-0.1, -0.05) is 6.92 Å². The molecule has 114 valence electrons. The zero-order valence-corrected chi connectivity index (χ0v) is 12.0. The van der Waals surface area contributed by atoms with Crippen LogP contribution in [0.2, 0.25) is 0 Å². The van der Waals surface area contributed by atoms with E-state index in [2.05, 4.69) is 5.32 Å². The molecule has 0 spiro atoms. The Bertz CT molecular complexity index is 504. The molecule has 6 heteroatoms. The van der Waals surface area contributed by atoms with E-state index in [4.69, 9.17) is 4.74 Å². The number of benzene rings is 1. The van der Waals surface area contributed by atoms with Crippen LogP contribution in [0.4, 0.5) is 4.39 Å². The SMILES string of the molecule is CCCNC(=O)C1COCCN1C(=O)c1ccc(F)cc1. The Balaban J connectivity index is 2.12. The number of carbonyl (C=O) groups excluding carboxylic acids is 2. The number of carbonyl (C=O) groups is 2. The van der Waals surface area contributed by atoms with Crippen molar-refractivity contribution in [1.82, 2.24) is 10.2 Å². The summed E-state index contributed by atoms with van der Waals surface area (Å²) >= 11 is 0. The van der Waals surface area contributed by atoms with E-state index in [1.807, 2.05) is 6.92 Å². The molecule has 2 amide bonds. The standard InChI is InChI=1S/C15H19FN2O3/c1-2-7-17-14(19)13-10-21-9-8-18(13)15(20)11-3-5-12(16)6-4-11/h3-6,13H,2,7-10H2,1H3,(H,17,19). The lowest BCUT2D eigenvalue weighted by molar-refractivity contribution is -0.130. The number of hydrogen-bond donors (Lipinski definition) is 1. The van der Waals surface area contributed by atoms with Gasteiger partial charge < -0.3 is 15.0 Å². The second-order valence-electron chi connectivity index (χ2n) is 4.89. The third-order valence-electron chi connectivity index (χ3n) is 3.33. The van der Waals surface area contributed by atoms with Gasteiger partial charge in [0.15, 0.2) is 0 Å². The fraction of sp³-hybridized carbons (Fsp3) is 0.467. The van der Waals surface area contributed by atoms with E-state index in [0.717, 1.165) is 6.42 Å². The number of morpholine rings is 1. The van der Waals surface area contributed by atoms with Crippen LogP contribution in [0.1, 0.15) is 23.7 Å². The highest BCUT2D eigenvalue weighted by atomic mass is 19.1. The quantitative estimate of drug-likeness (QED) is 0.907. The molecule has 1 saturated heterocycles. The van der Waals surface area contributed by atoms with E-state index < -0.39 is 11.9 Å². The summed E-state index contributed by atoms with van der Waals surface area (Å²) in [5.41, 5.74) is 0.367. The Kier molecular flexibility index (Phi) is 5.27. The molecule has 0 aliphatic carbocycles. The zero-order chi connectivity index (χ0) is 15.2. The molecule has 1 aliphatic rings. The highest BCUT2D eigenvalue weighted by molar-refractivity contribution is 5.97. The van der Waals surface area contributed by atoms with Crippen molar-refractivity contribution in [2.45, 2.75) is 19.4 Å². The first-order valence-corrected chi connectivity index (χ1v) is 7.05. The van der Waals surface area contributed by atoms with E-state index in [1.54, 1.807) is 0 Å². The summed E-state index contributed by atoms with van der Waals surface area (Å²) in [5, 5.41) is 2.77. The van der Waals surface area contributed by atoms with Gasteiger partial charge in [-0.15, -0.1) is 0 Å². The molecule has 0 radical (unpaired) electrons. The number of nitrogens with zero attached hydrogens (tertiary/aromatic N) is 1. The fourth-order valence-corrected chi connectivity index (χ4v) is 2.19. The molecule has 21 heavy (non-hydrogen) atoms. The highest BCUT2D eigenvalue weighted by Crippen LogP contribution is 2.13. The fourth-order valence-electron chi connectivity index (χ4n) is 2.19. The van der Waals surface area contributed by atoms with Crippen LogP contribution in [-0.2, 0) is 9.53 Å². The van der Waals surface area contributed by atoms with Crippen molar-refractivity contribution in [2.24, 2.45) is 0 Å². The Labute approximate surface area is 123 Å². The van der Waals surface area contributed by atoms with Crippen molar-refractivity contribution in [2.75, 3.05) is 26.3 Å². The van der Waals surface area contributed by atoms with E-state index in [9.17, 15) is 14.0 Å². The molecule has 5 nitrogen and oxygen atoms in total. The van der Waals surface area contributed by atoms with Gasteiger partial charge in [0.1, 0.15) is 11.9 Å². The minimum Gasteiger partial charge on any atom is -0.377 e. The largest absolute Gasteiger partial charge is 0.377 e. The molecule has 1 unspecified atom stereocenters. The molecule has 1 atom stereocenters. The number of hydrogen-bond acceptors (Lipinski definition) is 3. The van der Waals surface area contributed by atoms with Gasteiger partial charge in [-0.25, -0.2) is 4.39 Å². The summed E-state index contributed by atoms with van der Waals surface area (Å²) in [6, 6.07) is 4.69. The second kappa shape index (κ2) is 7.17. The predicted molar refractivity (Wildman–Crippen MR) is 75.3 cm³/mol. The maximum atomic E-state index is 12.9. The molecule has 0 aromatic heterocycles. The third-order valence-corrected chi connectivity index (χ3v) is 3.33. The zero-order valence-electron chi connectivity index (χ0n) is 12.0. The van der Waals surface area contributed by atoms with Gasteiger partial charge >= 0.3 is 0 Å². The van der Waals surface area contributed by atoms with E-state index >= 15 is 0 Å². The van der Waals surface area contributed by atoms with Gasteiger partial charge in [0.2, 0.25) is 5.91 Å². The van der Waals surface area contributed by atoms with Crippen molar-refractivity contribution < 1.29 is 18.7 Å². The highest BCUT2D eigenvalue weighted by Gasteiger charge is 2.33. The van der Waals surface area contributed by atoms with Crippen molar-refractivity contribution in [3.8, 4) is 0 Å². The minimum absolute atomic E-state index is 0.183. The third kappa shape index (κ3) is 3.78. The van der Waals surface area contributed by atoms with Gasteiger partial charge in [-0.2, -0.15) is 0 Å². The van der Waals surface area contributed by atoms with Crippen LogP contribution in [-0.4, -0.2) is 49.1 Å². The average Bonchev–Trinajstić information content (AvgIpc) is 2.52. The predicted octanol–water partition coefficient (Wildman–Crippen LogP) is 1.19. The van der Waals surface area contributed by atoms with E-state index in [0.29, 0.717) is 25.3 Å². The molecule has 1 aliphatic heterocycles. The monoisotopic (exact) mass is 294 g/mol. The summed E-state index contributed by atoms with van der Waals surface area (Å²) in [4.78, 5) is 26.1. The van der Waals surface area contributed by atoms with Crippen LogP contribution >= 0.6 is 0 Å². The first-order chi connectivity index (χ1) is 10.1. The van der Waals surface area contributed by atoms with Crippen LogP contribution in [0, 0.1) is 5.82 Å². The van der Waals surface area contributed by atoms with Crippen LogP contribution in [0.25, 0.3) is 0 Å². The summed E-state index contributed by atoms with van der Waals surface area (Å²) in [7, 11) is 0. The Hall–Kier alpha value is -1.95. The molecule has 1 N–H and O–H groups in total. The maximum Gasteiger partial charge on any atom is 0.254 e. The first kappa shape index (κ1) is 15.4. The normalized spacial score (nSPS) is 18.4. The molecular weight excluding hydrogens is 275 g/mol. The van der Waals surface area contributed by atoms with Crippen LogP contribution in [0.15, 0.2) is 24.3 Å². The van der Waals surface area contributed by atoms with E-state index in [-0.39, 0.29) is 18.4 Å². The lowest BCUT2D eigenvalue weighted by Crippen LogP contribution is -2.56. The molecule has 1 fully saturated rings. The van der Waals surface area contributed by atoms with Crippen LogP contribution in [0.3, 0.4) is 0 Å². The van der Waals surface area contributed by atoms with Crippen molar-refractivity contribution >= 4 is 11.8 Å². The summed E-state index contributed by atoms with van der Waals surface area (Å²) in [6.07, 6.45) is 0.825. The van der Waals surface area contributed by atoms with Crippen molar-refractivity contribution in [3.63, 3.8) is 0 Å². The molecule has 1 heterocycles. The lowest BCUT2D eigenvalue weighted by Gasteiger charge is -2.34. The van der Waals surface area contributed by atoms with Gasteiger partial charge in [0.05, 0.1) is 13.2 Å². The smallest absolute Gasteiger partial charge is 0.254 e. The summed E-state index contributed by atoms with van der Waals surface area (Å²) < 4.78 is 18.2. The Morgan fingerprint density at radius 1 is 1.38 bits per heavy atom. The minimum atomic E-state index is -0.636.